The maximum Gasteiger partial charge on any atom is 0.0459 e. The molecule has 2 atom stereocenters. The van der Waals surface area contributed by atoms with Crippen molar-refractivity contribution in [2.75, 3.05) is 6.61 Å². The van der Waals surface area contributed by atoms with E-state index in [1.54, 1.807) is 0 Å². The van der Waals surface area contributed by atoms with Gasteiger partial charge in [0.05, 0.1) is 0 Å². The maximum absolute atomic E-state index is 8.96. The number of aliphatic hydroxyl groups excluding tert-OH is 1. The van der Waals surface area contributed by atoms with Gasteiger partial charge >= 0.3 is 0 Å². The summed E-state index contributed by atoms with van der Waals surface area (Å²) in [4.78, 5) is 0. The van der Waals surface area contributed by atoms with Gasteiger partial charge in [-0.2, -0.15) is 0 Å². The molecular weight excluding hydrogens is 136 g/mol. The van der Waals surface area contributed by atoms with Gasteiger partial charge in [0.2, 0.25) is 0 Å². The van der Waals surface area contributed by atoms with Crippen molar-refractivity contribution >= 4 is 0 Å². The van der Waals surface area contributed by atoms with Gasteiger partial charge in [-0.15, -0.1) is 0 Å². The van der Waals surface area contributed by atoms with E-state index in [9.17, 15) is 0 Å². The number of hydrogen-bond acceptors (Lipinski definition) is 1. The summed E-state index contributed by atoms with van der Waals surface area (Å²) in [5.74, 6) is 1.46. The summed E-state index contributed by atoms with van der Waals surface area (Å²) in [5, 5.41) is 8.96. The second kappa shape index (κ2) is 4.76. The lowest BCUT2D eigenvalue weighted by molar-refractivity contribution is 0.157. The van der Waals surface area contributed by atoms with Crippen LogP contribution in [0.25, 0.3) is 0 Å². The number of hydrogen-bond donors (Lipinski definition) is 1. The average molecular weight is 155 g/mol. The molecule has 65 valence electrons. The molecule has 1 N–H and O–H groups in total. The zero-order valence-electron chi connectivity index (χ0n) is 7.26. The van der Waals surface area contributed by atoms with E-state index < -0.39 is 0 Å². The second-order valence-electron chi connectivity index (χ2n) is 3.72. The Kier molecular flexibility index (Phi) is 3.92. The zero-order chi connectivity index (χ0) is 8.10. The highest BCUT2D eigenvalue weighted by Gasteiger charge is 2.20. The fourth-order valence-electron chi connectivity index (χ4n) is 2.12. The van der Waals surface area contributed by atoms with Gasteiger partial charge in [0, 0.05) is 6.61 Å². The van der Waals surface area contributed by atoms with Crippen LogP contribution in [0.15, 0.2) is 0 Å². The van der Waals surface area contributed by atoms with Crippen molar-refractivity contribution in [3.05, 3.63) is 6.92 Å². The molecule has 1 heteroatoms. The minimum atomic E-state index is 0.396. The van der Waals surface area contributed by atoms with Crippen molar-refractivity contribution < 1.29 is 5.11 Å². The van der Waals surface area contributed by atoms with E-state index in [0.29, 0.717) is 12.5 Å². The van der Waals surface area contributed by atoms with Crippen LogP contribution >= 0.6 is 0 Å². The van der Waals surface area contributed by atoms with Gasteiger partial charge in [0.1, 0.15) is 0 Å². The molecule has 1 saturated carbocycles. The fraction of sp³-hybridized carbons (Fsp3) is 0.900. The number of rotatable bonds is 3. The van der Waals surface area contributed by atoms with E-state index in [2.05, 4.69) is 6.92 Å². The van der Waals surface area contributed by atoms with Gasteiger partial charge in [-0.05, 0) is 24.7 Å². The Morgan fingerprint density at radius 2 is 2.00 bits per heavy atom. The minimum Gasteiger partial charge on any atom is -0.396 e. The molecule has 0 saturated heterocycles. The van der Waals surface area contributed by atoms with Crippen molar-refractivity contribution in [2.24, 2.45) is 11.8 Å². The Balaban J connectivity index is 2.21. The van der Waals surface area contributed by atoms with Crippen molar-refractivity contribution in [3.8, 4) is 0 Å². The van der Waals surface area contributed by atoms with Crippen molar-refractivity contribution in [2.45, 2.75) is 38.5 Å². The molecule has 1 radical (unpaired) electrons. The van der Waals surface area contributed by atoms with Crippen LogP contribution in [0.3, 0.4) is 0 Å². The van der Waals surface area contributed by atoms with E-state index in [-0.39, 0.29) is 0 Å². The van der Waals surface area contributed by atoms with Crippen LogP contribution in [0.4, 0.5) is 0 Å². The van der Waals surface area contributed by atoms with Crippen LogP contribution in [-0.4, -0.2) is 11.7 Å². The lowest BCUT2D eigenvalue weighted by Gasteiger charge is -2.27. The topological polar surface area (TPSA) is 20.2 Å². The summed E-state index contributed by atoms with van der Waals surface area (Å²) in [7, 11) is 0. The number of aliphatic hydroxyl groups is 1. The molecule has 11 heavy (non-hydrogen) atoms. The first-order chi connectivity index (χ1) is 5.36. The molecule has 0 heterocycles. The lowest BCUT2D eigenvalue weighted by Crippen LogP contribution is -2.18. The molecule has 0 bridgehead atoms. The maximum atomic E-state index is 8.96. The predicted octanol–water partition coefficient (Wildman–Crippen LogP) is 2.40. The van der Waals surface area contributed by atoms with E-state index in [4.69, 9.17) is 5.11 Å². The molecule has 0 aromatic heterocycles. The molecule has 1 nitrogen and oxygen atoms in total. The SMILES string of the molecule is [CH2]CCC1CCCC(CO)C1. The second-order valence-corrected chi connectivity index (χ2v) is 3.72. The fourth-order valence-corrected chi connectivity index (χ4v) is 2.12. The van der Waals surface area contributed by atoms with Crippen molar-refractivity contribution in [1.82, 2.24) is 0 Å². The molecule has 2 unspecified atom stereocenters. The van der Waals surface area contributed by atoms with Gasteiger partial charge in [-0.3, -0.25) is 0 Å². The van der Waals surface area contributed by atoms with E-state index in [1.807, 2.05) is 0 Å². The summed E-state index contributed by atoms with van der Waals surface area (Å²) >= 11 is 0. The molecule has 0 amide bonds. The van der Waals surface area contributed by atoms with Crippen LogP contribution in [0.2, 0.25) is 0 Å². The highest BCUT2D eigenvalue weighted by Crippen LogP contribution is 2.31. The smallest absolute Gasteiger partial charge is 0.0459 e. The summed E-state index contributed by atoms with van der Waals surface area (Å²) in [5.41, 5.74) is 0. The van der Waals surface area contributed by atoms with Crippen LogP contribution in [0.1, 0.15) is 38.5 Å². The van der Waals surface area contributed by atoms with Gasteiger partial charge in [0.25, 0.3) is 0 Å². The molecule has 1 aliphatic rings. The third-order valence-electron chi connectivity index (χ3n) is 2.76. The van der Waals surface area contributed by atoms with Crippen molar-refractivity contribution in [3.63, 3.8) is 0 Å². The molecule has 0 aromatic rings. The minimum absolute atomic E-state index is 0.396. The molecule has 1 rings (SSSR count). The summed E-state index contributed by atoms with van der Waals surface area (Å²) in [6.45, 7) is 4.26. The first-order valence-electron chi connectivity index (χ1n) is 4.77. The summed E-state index contributed by atoms with van der Waals surface area (Å²) in [6.07, 6.45) is 7.48. The average Bonchev–Trinajstić information content (AvgIpc) is 2.06. The monoisotopic (exact) mass is 155 g/mol. The Hall–Kier alpha value is -0.0400. The zero-order valence-corrected chi connectivity index (χ0v) is 7.26. The molecule has 0 spiro atoms. The Morgan fingerprint density at radius 3 is 2.64 bits per heavy atom. The standard InChI is InChI=1S/C10H19O/c1-2-4-9-5-3-6-10(7-9)8-11/h9-11H,1-8H2. The third-order valence-corrected chi connectivity index (χ3v) is 2.76. The van der Waals surface area contributed by atoms with Crippen LogP contribution in [0, 0.1) is 18.8 Å². The Bertz CT molecular complexity index is 99.0. The quantitative estimate of drug-likeness (QED) is 0.663. The van der Waals surface area contributed by atoms with Crippen LogP contribution < -0.4 is 0 Å². The molecular formula is C10H19O. The predicted molar refractivity (Wildman–Crippen MR) is 47.1 cm³/mol. The van der Waals surface area contributed by atoms with Crippen molar-refractivity contribution in [1.29, 1.82) is 0 Å². The summed E-state index contributed by atoms with van der Waals surface area (Å²) in [6, 6.07) is 0. The Labute approximate surface area is 69.8 Å². The van der Waals surface area contributed by atoms with E-state index in [1.165, 1.54) is 32.1 Å². The van der Waals surface area contributed by atoms with Gasteiger partial charge < -0.3 is 5.11 Å². The molecule has 1 aliphatic carbocycles. The Morgan fingerprint density at radius 1 is 1.27 bits per heavy atom. The van der Waals surface area contributed by atoms with Crippen LogP contribution in [-0.2, 0) is 0 Å². The van der Waals surface area contributed by atoms with Gasteiger partial charge in [-0.25, -0.2) is 0 Å². The highest BCUT2D eigenvalue weighted by molar-refractivity contribution is 4.72. The third kappa shape index (κ3) is 2.82. The van der Waals surface area contributed by atoms with Crippen LogP contribution in [0.5, 0.6) is 0 Å². The lowest BCUT2D eigenvalue weighted by atomic mass is 9.80. The largest absolute Gasteiger partial charge is 0.396 e. The van der Waals surface area contributed by atoms with Gasteiger partial charge in [-0.1, -0.05) is 32.6 Å². The van der Waals surface area contributed by atoms with E-state index >= 15 is 0 Å². The molecule has 0 aliphatic heterocycles. The molecule has 0 aromatic carbocycles. The van der Waals surface area contributed by atoms with Gasteiger partial charge in [0.15, 0.2) is 0 Å². The molecule has 1 fully saturated rings. The first kappa shape index (κ1) is 9.05. The van der Waals surface area contributed by atoms with E-state index in [0.717, 1.165) is 12.3 Å². The normalized spacial score (nSPS) is 32.2. The summed E-state index contributed by atoms with van der Waals surface area (Å²) < 4.78 is 0. The highest BCUT2D eigenvalue weighted by atomic mass is 16.3. The first-order valence-corrected chi connectivity index (χ1v) is 4.77.